The van der Waals surface area contributed by atoms with Crippen molar-refractivity contribution in [2.45, 2.75) is 119 Å². The maximum Gasteiger partial charge on any atom is 0.327 e. The molecule has 8 N–H and O–H groups in total. The van der Waals surface area contributed by atoms with Crippen LogP contribution in [0.2, 0.25) is 0 Å². The van der Waals surface area contributed by atoms with Crippen molar-refractivity contribution in [2.24, 2.45) is 29.6 Å². The third kappa shape index (κ3) is 44.1. The molecule has 0 fully saturated rings. The van der Waals surface area contributed by atoms with Gasteiger partial charge in [0.1, 0.15) is 24.2 Å². The minimum absolute atomic E-state index is 0.00866. The summed E-state index contributed by atoms with van der Waals surface area (Å²) in [5.74, 6) is 23.8. The second-order valence-electron chi connectivity index (χ2n) is 33.9. The molecule has 30 heteroatoms. The number of nitrogens with one attached hydrogen (secondary N) is 4. The zero-order valence-corrected chi connectivity index (χ0v) is 86.5. The van der Waals surface area contributed by atoms with Gasteiger partial charge >= 0.3 is 48.0 Å². The van der Waals surface area contributed by atoms with Crippen molar-refractivity contribution >= 4 is 146 Å². The number of imide groups is 4. The fourth-order valence-corrected chi connectivity index (χ4v) is 17.1. The fraction of sp³-hybridized carbons (Fsp3) is 0.327. The molecule has 9 rings (SSSR count). The van der Waals surface area contributed by atoms with Gasteiger partial charge in [0.25, 0.3) is 23.6 Å². The lowest BCUT2D eigenvalue weighted by molar-refractivity contribution is -0.139. The molecule has 24 nitrogen and oxygen atoms in total. The van der Waals surface area contributed by atoms with Crippen molar-refractivity contribution in [1.82, 2.24) is 40.9 Å². The van der Waals surface area contributed by atoms with E-state index in [9.17, 15) is 78.0 Å². The number of nitrogens with zero attached hydrogens (tertiary/aromatic N) is 4. The van der Waals surface area contributed by atoms with Gasteiger partial charge in [-0.15, -0.1) is 0 Å². The predicted octanol–water partition coefficient (Wildman–Crippen LogP) is 20.1. The quantitative estimate of drug-likeness (QED) is 0.0167. The summed E-state index contributed by atoms with van der Waals surface area (Å²) in [6.45, 7) is 22.6. The molecule has 0 radical (unpaired) electrons. The number of carboxylic acid groups (broad SMARTS) is 4. The van der Waals surface area contributed by atoms with Crippen LogP contribution in [-0.4, -0.2) is 214 Å². The van der Waals surface area contributed by atoms with Crippen LogP contribution in [0.15, 0.2) is 247 Å². The zero-order chi connectivity index (χ0) is 102. The molecule has 4 atom stereocenters. The number of halogens is 1. The highest BCUT2D eigenvalue weighted by molar-refractivity contribution is 9.10. The topological polar surface area (TPSA) is 347 Å². The molecule has 0 aliphatic heterocycles. The van der Waals surface area contributed by atoms with E-state index < -0.39 is 95.8 Å². The van der Waals surface area contributed by atoms with Gasteiger partial charge in [0.15, 0.2) is 0 Å². The third-order valence-corrected chi connectivity index (χ3v) is 26.0. The van der Waals surface area contributed by atoms with Crippen LogP contribution in [0.3, 0.4) is 0 Å². The van der Waals surface area contributed by atoms with E-state index in [-0.39, 0.29) is 61.0 Å². The Labute approximate surface area is 852 Å². The number of carbonyl (C=O) groups excluding carboxylic acids is 8. The Kier molecular flexibility index (Phi) is 52.6. The summed E-state index contributed by atoms with van der Waals surface area (Å²) in [5, 5.41) is 48.4. The van der Waals surface area contributed by atoms with E-state index in [0.717, 1.165) is 69.1 Å². The molecule has 736 valence electrons. The number of aliphatic carboxylic acids is 4. The molecular weight excluding hydrogens is 1930 g/mol. The largest absolute Gasteiger partial charge is 0.480 e. The van der Waals surface area contributed by atoms with E-state index in [1.54, 1.807) is 97.1 Å². The van der Waals surface area contributed by atoms with Crippen molar-refractivity contribution < 1.29 is 78.0 Å². The Morgan fingerprint density at radius 2 is 0.579 bits per heavy atom. The fourth-order valence-electron chi connectivity index (χ4n) is 12.3. The van der Waals surface area contributed by atoms with Crippen molar-refractivity contribution in [2.75, 3.05) is 78.5 Å². The number of hydrogen-bond donors (Lipinski definition) is 8. The molecule has 0 aliphatic rings. The lowest BCUT2D eigenvalue weighted by Gasteiger charge is -2.25. The third-order valence-electron chi connectivity index (χ3n) is 19.4. The maximum atomic E-state index is 13.3. The minimum Gasteiger partial charge on any atom is -0.480 e. The van der Waals surface area contributed by atoms with E-state index in [1.165, 1.54) is 58.8 Å². The number of amides is 12. The summed E-state index contributed by atoms with van der Waals surface area (Å²) in [4.78, 5) is 156. The molecule has 0 aliphatic carbocycles. The summed E-state index contributed by atoms with van der Waals surface area (Å²) >= 11 is 10.7. The summed E-state index contributed by atoms with van der Waals surface area (Å²) in [5.41, 5.74) is 8.30. The van der Waals surface area contributed by atoms with Crippen LogP contribution < -0.4 is 21.3 Å². The van der Waals surface area contributed by atoms with Gasteiger partial charge in [0.2, 0.25) is 0 Å². The Hall–Kier alpha value is -12.9. The number of carboxylic acids is 4. The first-order chi connectivity index (χ1) is 67.0. The summed E-state index contributed by atoms with van der Waals surface area (Å²) in [6.07, 6.45) is 3.01. The Morgan fingerprint density at radius 3 is 0.871 bits per heavy atom. The first-order valence-electron chi connectivity index (χ1n) is 45.7. The van der Waals surface area contributed by atoms with E-state index >= 15 is 0 Å². The van der Waals surface area contributed by atoms with Gasteiger partial charge in [-0.2, -0.15) is 58.8 Å². The molecule has 0 bridgehead atoms. The average Bonchev–Trinajstić information content (AvgIpc) is 0.846. The van der Waals surface area contributed by atoms with E-state index in [4.69, 9.17) is 0 Å². The van der Waals surface area contributed by atoms with E-state index in [0.29, 0.717) is 86.6 Å². The van der Waals surface area contributed by atoms with Crippen LogP contribution in [0.1, 0.15) is 181 Å². The molecule has 0 spiro atoms. The standard InChI is InChI=1S/C29H27BrN2O4S.C28H34N2O4S.C27H32N2O4S.C26H30N2O4S2/c1-2-17-32(29(36)31-26(28(34)35)20-37-19-23-7-4-3-5-8-23)27(33)24-10-6-9-22(18-24)12-11-21-13-15-25(30)16-14-21;1-20(2)15-16-30(28(34)29-25(27(32)33)19-35-18-21(3)4)26(31)24-12-8-11-23(17-24)14-13-22-9-6-5-7-10-22;1-19(2)16-29(27(33)28-24(26(31)32)18-34-17-20(3)4)25(30)23-12-8-11-22(15-23)14-13-21-9-6-5-7-10-21;1-19(2)17-34-18-23(25(30)31)27-26(32)28(14-15-33-3)24(29)22-11-7-10-21(16-22)13-12-20-8-5-4-6-9-20/h3-10,13-16,18,26H,2,17,19-20H2,1H3,(H,31,36)(H,34,35);5-12,17,20-21,25H,15-16,18-19H2,1-4H3,(H,29,34)(H,32,33);5-12,15,19-20,24H,16-18H2,1-4H3,(H,28,33)(H,31,32);4-11,16,19,23H,14-15,17-18H2,1-3H3,(H,27,32)(H,30,31)/t26-;25-;24-;23-/m0000/s1. The molecule has 0 aromatic heterocycles. The maximum absolute atomic E-state index is 13.3. The highest BCUT2D eigenvalue weighted by Gasteiger charge is 2.33. The smallest absolute Gasteiger partial charge is 0.327 e. The van der Waals surface area contributed by atoms with E-state index in [2.05, 4.69) is 84.6 Å². The van der Waals surface area contributed by atoms with Gasteiger partial charge in [-0.25, -0.2) is 38.4 Å². The molecule has 0 heterocycles. The number of carbonyl (C=O) groups is 12. The van der Waals surface area contributed by atoms with Crippen molar-refractivity contribution in [1.29, 1.82) is 0 Å². The summed E-state index contributed by atoms with van der Waals surface area (Å²) in [7, 11) is 0. The second-order valence-corrected chi connectivity index (χ2v) is 40.1. The second kappa shape index (κ2) is 63.6. The van der Waals surface area contributed by atoms with Gasteiger partial charge in [-0.3, -0.25) is 38.8 Å². The predicted molar refractivity (Wildman–Crippen MR) is 569 cm³/mol. The average molecular weight is 2050 g/mol. The summed E-state index contributed by atoms with van der Waals surface area (Å²) < 4.78 is 0.958. The molecule has 9 aromatic rings. The van der Waals surface area contributed by atoms with Gasteiger partial charge in [-0.05, 0) is 205 Å². The number of benzene rings is 9. The lowest BCUT2D eigenvalue weighted by atomic mass is 10.1. The molecular formula is C110H123BrN8O16S5. The summed E-state index contributed by atoms with van der Waals surface area (Å²) in [6, 6.07) is 65.7. The molecule has 12 amide bonds. The van der Waals surface area contributed by atoms with Crippen LogP contribution in [-0.2, 0) is 24.9 Å². The first kappa shape index (κ1) is 116. The van der Waals surface area contributed by atoms with E-state index in [1.807, 2.05) is 228 Å². The van der Waals surface area contributed by atoms with Crippen LogP contribution in [0.25, 0.3) is 0 Å². The minimum atomic E-state index is -1.15. The zero-order valence-electron chi connectivity index (χ0n) is 80.8. The van der Waals surface area contributed by atoms with Crippen LogP contribution in [0.5, 0.6) is 0 Å². The lowest BCUT2D eigenvalue weighted by Crippen LogP contribution is -2.52. The molecule has 0 unspecified atom stereocenters. The Bertz CT molecular complexity index is 5840. The molecule has 0 saturated heterocycles. The highest BCUT2D eigenvalue weighted by atomic mass is 79.9. The molecule has 9 aromatic carbocycles. The molecule has 140 heavy (non-hydrogen) atoms. The van der Waals surface area contributed by atoms with Gasteiger partial charge in [0.05, 0.1) is 0 Å². The Morgan fingerprint density at radius 1 is 0.307 bits per heavy atom. The highest BCUT2D eigenvalue weighted by Crippen LogP contribution is 2.22. The SMILES string of the molecule is CC(C)CCN(C(=O)N[C@@H](CSCC(C)C)C(=O)O)C(=O)c1cccc(C#Cc2ccccc2)c1.CC(C)CSC[C@H](NC(=O)N(CC(C)C)C(=O)c1cccc(C#Cc2ccccc2)c1)C(=O)O.CCCN(C(=O)N[C@@H](CSCc1ccccc1)C(=O)O)C(=O)c1cccc(C#Cc2ccc(Br)cc2)c1.CSCCN(C(=O)N[C@@H](CSCC(C)C)C(=O)O)C(=O)c1cccc(C#Cc2ccccc2)c1. The first-order valence-corrected chi connectivity index (χ1v) is 52.5. The Balaban J connectivity index is 0.000000286. The van der Waals surface area contributed by atoms with Crippen LogP contribution in [0, 0.1) is 77.0 Å². The normalized spacial score (nSPS) is 11.3. The van der Waals surface area contributed by atoms with Crippen LogP contribution >= 0.6 is 74.7 Å². The molecule has 0 saturated carbocycles. The number of rotatable bonds is 38. The van der Waals surface area contributed by atoms with Gasteiger partial charge in [-0.1, -0.05) is 249 Å². The number of thioether (sulfide) groups is 5. The van der Waals surface area contributed by atoms with Crippen molar-refractivity contribution in [3.8, 4) is 47.4 Å². The number of hydrogen-bond acceptors (Lipinski definition) is 17. The van der Waals surface area contributed by atoms with Crippen LogP contribution in [0.4, 0.5) is 19.2 Å². The van der Waals surface area contributed by atoms with Crippen molar-refractivity contribution in [3.05, 3.63) is 319 Å². The van der Waals surface area contributed by atoms with Gasteiger partial charge in [0, 0.05) is 132 Å². The van der Waals surface area contributed by atoms with Crippen molar-refractivity contribution in [3.63, 3.8) is 0 Å². The van der Waals surface area contributed by atoms with Gasteiger partial charge < -0.3 is 41.7 Å². The monoisotopic (exact) mass is 2050 g/mol. The number of urea groups is 4.